The van der Waals surface area contributed by atoms with Gasteiger partial charge in [0.25, 0.3) is 0 Å². The first-order chi connectivity index (χ1) is 14.0. The summed E-state index contributed by atoms with van der Waals surface area (Å²) in [5, 5.41) is 0.664. The first-order valence-electron chi connectivity index (χ1n) is 9.01. The molecule has 3 heterocycles. The highest BCUT2D eigenvalue weighted by molar-refractivity contribution is 6.30. The van der Waals surface area contributed by atoms with Crippen LogP contribution in [0.1, 0.15) is 22.9 Å². The monoisotopic (exact) mass is 414 g/mol. The van der Waals surface area contributed by atoms with Crippen LogP contribution in [0, 0.1) is 17.5 Å². The molecule has 1 atom stereocenters. The molecular formula is C21H14ClF3N4. The first kappa shape index (κ1) is 18.0. The van der Waals surface area contributed by atoms with Crippen molar-refractivity contribution in [3.05, 3.63) is 88.1 Å². The summed E-state index contributed by atoms with van der Waals surface area (Å²) in [6.45, 7) is 0.472. The van der Waals surface area contributed by atoms with Crippen LogP contribution in [0.5, 0.6) is 0 Å². The molecule has 0 saturated carbocycles. The fraction of sp³-hybridized carbons (Fsp3) is 0.143. The summed E-state index contributed by atoms with van der Waals surface area (Å²) < 4.78 is 42.0. The van der Waals surface area contributed by atoms with Gasteiger partial charge in [-0.05, 0) is 41.8 Å². The lowest BCUT2D eigenvalue weighted by atomic mass is 9.92. The van der Waals surface area contributed by atoms with Gasteiger partial charge in [0.1, 0.15) is 5.82 Å². The summed E-state index contributed by atoms with van der Waals surface area (Å²) in [7, 11) is 0. The van der Waals surface area contributed by atoms with Crippen molar-refractivity contribution >= 4 is 28.5 Å². The van der Waals surface area contributed by atoms with Crippen molar-refractivity contribution in [3.63, 3.8) is 0 Å². The second kappa shape index (κ2) is 6.77. The molecule has 4 aromatic rings. The number of benzene rings is 2. The highest BCUT2D eigenvalue weighted by Crippen LogP contribution is 2.40. The first-order valence-corrected chi connectivity index (χ1v) is 9.39. The minimum Gasteiger partial charge on any atom is -0.356 e. The van der Waals surface area contributed by atoms with Gasteiger partial charge in [-0.3, -0.25) is 0 Å². The van der Waals surface area contributed by atoms with Crippen LogP contribution in [-0.2, 0) is 6.42 Å². The molecule has 0 spiro atoms. The van der Waals surface area contributed by atoms with Crippen molar-refractivity contribution in [1.29, 1.82) is 0 Å². The molecule has 4 nitrogen and oxygen atoms in total. The Kier molecular flexibility index (Phi) is 4.20. The van der Waals surface area contributed by atoms with Gasteiger partial charge < -0.3 is 9.88 Å². The molecule has 2 aromatic heterocycles. The molecule has 0 bridgehead atoms. The van der Waals surface area contributed by atoms with Crippen LogP contribution >= 0.6 is 11.6 Å². The van der Waals surface area contributed by atoms with E-state index in [0.717, 1.165) is 11.6 Å². The molecule has 1 aliphatic heterocycles. The average Bonchev–Trinajstić information content (AvgIpc) is 3.11. The van der Waals surface area contributed by atoms with Crippen molar-refractivity contribution in [2.45, 2.75) is 12.5 Å². The van der Waals surface area contributed by atoms with Gasteiger partial charge in [0.15, 0.2) is 11.6 Å². The van der Waals surface area contributed by atoms with E-state index in [1.54, 1.807) is 12.1 Å². The fourth-order valence-corrected chi connectivity index (χ4v) is 4.07. The van der Waals surface area contributed by atoms with Crippen molar-refractivity contribution < 1.29 is 13.2 Å². The number of nitrogens with zero attached hydrogens (tertiary/aromatic N) is 3. The number of halogens is 4. The Bertz CT molecular complexity index is 1210. The van der Waals surface area contributed by atoms with Gasteiger partial charge in [-0.25, -0.2) is 23.1 Å². The summed E-state index contributed by atoms with van der Waals surface area (Å²) in [5.41, 5.74) is 2.70. The van der Waals surface area contributed by atoms with Crippen molar-refractivity contribution in [2.24, 2.45) is 0 Å². The number of fused-ring (bicyclic) bond motifs is 3. The fourth-order valence-electron chi connectivity index (χ4n) is 3.98. The molecule has 0 saturated heterocycles. The summed E-state index contributed by atoms with van der Waals surface area (Å²) in [5.74, 6) is -1.67. The van der Waals surface area contributed by atoms with Gasteiger partial charge >= 0.3 is 0 Å². The second-order valence-electron chi connectivity index (χ2n) is 6.90. The van der Waals surface area contributed by atoms with Gasteiger partial charge in [-0.15, -0.1) is 0 Å². The highest BCUT2D eigenvalue weighted by Gasteiger charge is 2.34. The maximum atomic E-state index is 14.6. The zero-order valence-electron chi connectivity index (χ0n) is 15.0. The Morgan fingerprint density at radius 1 is 1.00 bits per heavy atom. The second-order valence-corrected chi connectivity index (χ2v) is 7.34. The smallest absolute Gasteiger partial charge is 0.226 e. The van der Waals surface area contributed by atoms with E-state index < -0.39 is 17.7 Å². The Hall–Kier alpha value is -3.06. The van der Waals surface area contributed by atoms with E-state index in [1.165, 1.54) is 30.6 Å². The molecule has 2 aromatic carbocycles. The summed E-state index contributed by atoms with van der Waals surface area (Å²) in [4.78, 5) is 13.8. The Labute approximate surface area is 169 Å². The van der Waals surface area contributed by atoms with Crippen molar-refractivity contribution in [2.75, 3.05) is 11.4 Å². The SMILES string of the molecule is Fc1ccc(C2c3[nH]c4ccc(F)c(F)c4c3CCN2c2ncc(Cl)cn2)cc1. The normalized spacial score (nSPS) is 16.3. The van der Waals surface area contributed by atoms with Crippen molar-refractivity contribution in [1.82, 2.24) is 15.0 Å². The standard InChI is InChI=1S/C21H14ClF3N4/c22-12-9-26-21(27-10-12)29-8-7-14-17-16(6-5-15(24)18(17)25)28-19(14)20(29)11-1-3-13(23)4-2-11/h1-6,9-10,20,28H,7-8H2. The van der Waals surface area contributed by atoms with Gasteiger partial charge in [-0.2, -0.15) is 0 Å². The Balaban J connectivity index is 1.73. The molecule has 8 heteroatoms. The largest absolute Gasteiger partial charge is 0.356 e. The van der Waals surface area contributed by atoms with Crippen LogP contribution in [0.4, 0.5) is 19.1 Å². The van der Waals surface area contributed by atoms with E-state index in [2.05, 4.69) is 15.0 Å². The van der Waals surface area contributed by atoms with Crippen LogP contribution in [0.25, 0.3) is 10.9 Å². The Morgan fingerprint density at radius 2 is 1.72 bits per heavy atom. The lowest BCUT2D eigenvalue weighted by molar-refractivity contribution is 0.516. The maximum Gasteiger partial charge on any atom is 0.226 e. The van der Waals surface area contributed by atoms with Gasteiger partial charge in [0, 0.05) is 23.1 Å². The third-order valence-corrected chi connectivity index (χ3v) is 5.42. The Morgan fingerprint density at radius 3 is 2.45 bits per heavy atom. The molecular weight excluding hydrogens is 401 g/mol. The topological polar surface area (TPSA) is 44.8 Å². The van der Waals surface area contributed by atoms with Crippen LogP contribution in [0.15, 0.2) is 48.8 Å². The van der Waals surface area contributed by atoms with E-state index in [1.807, 2.05) is 4.90 Å². The molecule has 5 rings (SSSR count). The molecule has 1 N–H and O–H groups in total. The number of H-pyrrole nitrogens is 1. The number of aromatic nitrogens is 3. The molecule has 0 fully saturated rings. The van der Waals surface area contributed by atoms with E-state index >= 15 is 0 Å². The predicted octanol–water partition coefficient (Wildman–Crippen LogP) is 5.18. The van der Waals surface area contributed by atoms with Crippen LogP contribution < -0.4 is 4.90 Å². The molecule has 1 aliphatic rings. The summed E-state index contributed by atoms with van der Waals surface area (Å²) in [6.07, 6.45) is 3.47. The number of hydrogen-bond donors (Lipinski definition) is 1. The summed E-state index contributed by atoms with van der Waals surface area (Å²) >= 11 is 5.92. The number of nitrogens with one attached hydrogen (secondary N) is 1. The van der Waals surface area contributed by atoms with E-state index in [4.69, 9.17) is 11.6 Å². The molecule has 0 radical (unpaired) electrons. The number of rotatable bonds is 2. The van der Waals surface area contributed by atoms with Crippen LogP contribution in [0.3, 0.4) is 0 Å². The lowest BCUT2D eigenvalue weighted by Crippen LogP contribution is -2.37. The maximum absolute atomic E-state index is 14.6. The minimum absolute atomic E-state index is 0.254. The highest BCUT2D eigenvalue weighted by atomic mass is 35.5. The molecule has 0 aliphatic carbocycles. The minimum atomic E-state index is -0.888. The van der Waals surface area contributed by atoms with Crippen LogP contribution in [-0.4, -0.2) is 21.5 Å². The van der Waals surface area contributed by atoms with Crippen LogP contribution in [0.2, 0.25) is 5.02 Å². The van der Waals surface area contributed by atoms with Gasteiger partial charge in [-0.1, -0.05) is 23.7 Å². The predicted molar refractivity (Wildman–Crippen MR) is 105 cm³/mol. The average molecular weight is 415 g/mol. The molecule has 0 amide bonds. The molecule has 146 valence electrons. The number of hydrogen-bond acceptors (Lipinski definition) is 3. The molecule has 1 unspecified atom stereocenters. The quantitative estimate of drug-likeness (QED) is 0.491. The van der Waals surface area contributed by atoms with E-state index in [0.29, 0.717) is 40.7 Å². The third-order valence-electron chi connectivity index (χ3n) is 5.23. The van der Waals surface area contributed by atoms with Gasteiger partial charge in [0.2, 0.25) is 5.95 Å². The zero-order valence-corrected chi connectivity index (χ0v) is 15.7. The number of aromatic amines is 1. The third kappa shape index (κ3) is 2.93. The van der Waals surface area contributed by atoms with Crippen molar-refractivity contribution in [3.8, 4) is 0 Å². The van der Waals surface area contributed by atoms with E-state index in [-0.39, 0.29) is 11.2 Å². The van der Waals surface area contributed by atoms with Gasteiger partial charge in [0.05, 0.1) is 23.5 Å². The number of anilines is 1. The molecule has 29 heavy (non-hydrogen) atoms. The lowest BCUT2D eigenvalue weighted by Gasteiger charge is -2.36. The zero-order chi connectivity index (χ0) is 20.1. The summed E-state index contributed by atoms with van der Waals surface area (Å²) in [6, 6.07) is 8.28. The van der Waals surface area contributed by atoms with E-state index in [9.17, 15) is 13.2 Å².